The van der Waals surface area contributed by atoms with Crippen molar-refractivity contribution in [1.82, 2.24) is 0 Å². The van der Waals surface area contributed by atoms with Crippen LogP contribution in [0.4, 0.5) is 0 Å². The molecule has 1 aromatic rings. The van der Waals surface area contributed by atoms with Gasteiger partial charge in [0.25, 0.3) is 0 Å². The molecule has 0 unspecified atom stereocenters. The summed E-state index contributed by atoms with van der Waals surface area (Å²) in [5.74, 6) is 1.44. The summed E-state index contributed by atoms with van der Waals surface area (Å²) in [5.41, 5.74) is 0. The summed E-state index contributed by atoms with van der Waals surface area (Å²) in [7, 11) is 0. The number of aryl methyl sites for hydroxylation is 1. The maximum Gasteiger partial charge on any atom is 0.197 e. The Balaban J connectivity index is 2.40. The fraction of sp³-hybridized carbons (Fsp3) is 0.545. The standard InChI is InChI=1S/C11H16O2/c1-3-4-5-6-10(12)11-8-7-9(2)13-11/h7-8H,3-6H2,1-2H3. The fourth-order valence-electron chi connectivity index (χ4n) is 1.24. The number of carbonyl (C=O) groups excluding carboxylic acids is 1. The van der Waals surface area contributed by atoms with Crippen molar-refractivity contribution in [2.45, 2.75) is 39.5 Å². The van der Waals surface area contributed by atoms with Crippen LogP contribution in [0.5, 0.6) is 0 Å². The van der Waals surface area contributed by atoms with Crippen molar-refractivity contribution < 1.29 is 9.21 Å². The molecule has 2 heteroatoms. The molecule has 0 amide bonds. The number of furan rings is 1. The van der Waals surface area contributed by atoms with Crippen LogP contribution in [0.15, 0.2) is 16.5 Å². The Morgan fingerprint density at radius 2 is 2.15 bits per heavy atom. The molecule has 1 rings (SSSR count). The molecule has 0 bridgehead atoms. The SMILES string of the molecule is CCCCCC(=O)c1ccc(C)o1. The third-order valence-corrected chi connectivity index (χ3v) is 2.02. The van der Waals surface area contributed by atoms with Gasteiger partial charge in [-0.2, -0.15) is 0 Å². The molecule has 0 saturated heterocycles. The van der Waals surface area contributed by atoms with Gasteiger partial charge in [0.1, 0.15) is 5.76 Å². The van der Waals surface area contributed by atoms with Crippen LogP contribution < -0.4 is 0 Å². The summed E-state index contributed by atoms with van der Waals surface area (Å²) in [5, 5.41) is 0. The first-order chi connectivity index (χ1) is 6.24. The Hall–Kier alpha value is -1.05. The molecule has 72 valence electrons. The first-order valence-corrected chi connectivity index (χ1v) is 4.83. The third-order valence-electron chi connectivity index (χ3n) is 2.02. The second-order valence-electron chi connectivity index (χ2n) is 3.29. The van der Waals surface area contributed by atoms with E-state index < -0.39 is 0 Å². The minimum absolute atomic E-state index is 0.126. The molecular formula is C11H16O2. The smallest absolute Gasteiger partial charge is 0.197 e. The van der Waals surface area contributed by atoms with Gasteiger partial charge in [-0.1, -0.05) is 19.8 Å². The lowest BCUT2D eigenvalue weighted by atomic mass is 10.1. The molecule has 0 aliphatic carbocycles. The quantitative estimate of drug-likeness (QED) is 0.513. The predicted molar refractivity (Wildman–Crippen MR) is 51.9 cm³/mol. The summed E-state index contributed by atoms with van der Waals surface area (Å²) in [6, 6.07) is 3.58. The molecule has 2 nitrogen and oxygen atoms in total. The number of rotatable bonds is 5. The van der Waals surface area contributed by atoms with Crippen molar-refractivity contribution in [3.8, 4) is 0 Å². The van der Waals surface area contributed by atoms with E-state index in [1.165, 1.54) is 0 Å². The minimum Gasteiger partial charge on any atom is -0.458 e. The Morgan fingerprint density at radius 1 is 1.38 bits per heavy atom. The summed E-state index contributed by atoms with van der Waals surface area (Å²) >= 11 is 0. The highest BCUT2D eigenvalue weighted by atomic mass is 16.3. The number of hydrogen-bond acceptors (Lipinski definition) is 2. The van der Waals surface area contributed by atoms with Gasteiger partial charge in [-0.3, -0.25) is 4.79 Å². The fourth-order valence-corrected chi connectivity index (χ4v) is 1.24. The van der Waals surface area contributed by atoms with Crippen LogP contribution in [0, 0.1) is 6.92 Å². The average molecular weight is 180 g/mol. The Morgan fingerprint density at radius 3 is 2.69 bits per heavy atom. The van der Waals surface area contributed by atoms with Gasteiger partial charge < -0.3 is 4.42 Å². The van der Waals surface area contributed by atoms with E-state index in [9.17, 15) is 4.79 Å². The van der Waals surface area contributed by atoms with E-state index in [1.807, 2.05) is 13.0 Å². The summed E-state index contributed by atoms with van der Waals surface area (Å²) in [6.07, 6.45) is 3.84. The Labute approximate surface area is 78.9 Å². The van der Waals surface area contributed by atoms with Crippen molar-refractivity contribution in [1.29, 1.82) is 0 Å². The van der Waals surface area contributed by atoms with Crippen molar-refractivity contribution in [2.24, 2.45) is 0 Å². The van der Waals surface area contributed by atoms with Gasteiger partial charge in [0.2, 0.25) is 0 Å². The summed E-state index contributed by atoms with van der Waals surface area (Å²) < 4.78 is 5.23. The third kappa shape index (κ3) is 3.05. The molecule has 0 fully saturated rings. The molecule has 0 aliphatic rings. The first-order valence-electron chi connectivity index (χ1n) is 4.83. The van der Waals surface area contributed by atoms with Gasteiger partial charge in [0, 0.05) is 6.42 Å². The zero-order chi connectivity index (χ0) is 9.68. The van der Waals surface area contributed by atoms with E-state index in [4.69, 9.17) is 4.42 Å². The molecule has 13 heavy (non-hydrogen) atoms. The predicted octanol–water partition coefficient (Wildman–Crippen LogP) is 3.35. The van der Waals surface area contributed by atoms with Gasteiger partial charge in [0.05, 0.1) is 0 Å². The van der Waals surface area contributed by atoms with Gasteiger partial charge in [-0.05, 0) is 25.5 Å². The molecule has 0 radical (unpaired) electrons. The molecular weight excluding hydrogens is 164 g/mol. The molecule has 0 aliphatic heterocycles. The largest absolute Gasteiger partial charge is 0.458 e. The van der Waals surface area contributed by atoms with Gasteiger partial charge in [-0.15, -0.1) is 0 Å². The van der Waals surface area contributed by atoms with Gasteiger partial charge >= 0.3 is 0 Å². The molecule has 1 aromatic heterocycles. The number of unbranched alkanes of at least 4 members (excludes halogenated alkanes) is 2. The zero-order valence-corrected chi connectivity index (χ0v) is 8.30. The van der Waals surface area contributed by atoms with Crippen LogP contribution in [-0.2, 0) is 0 Å². The molecule has 0 saturated carbocycles. The lowest BCUT2D eigenvalue weighted by Crippen LogP contribution is -1.96. The van der Waals surface area contributed by atoms with E-state index in [1.54, 1.807) is 6.07 Å². The van der Waals surface area contributed by atoms with Crippen LogP contribution in [0.25, 0.3) is 0 Å². The van der Waals surface area contributed by atoms with Crippen molar-refractivity contribution in [3.63, 3.8) is 0 Å². The lowest BCUT2D eigenvalue weighted by molar-refractivity contribution is 0.0951. The molecule has 0 atom stereocenters. The summed E-state index contributed by atoms with van der Waals surface area (Å²) in [6.45, 7) is 3.98. The van der Waals surface area contributed by atoms with Gasteiger partial charge in [0.15, 0.2) is 11.5 Å². The van der Waals surface area contributed by atoms with Crippen LogP contribution in [0.1, 0.15) is 48.9 Å². The zero-order valence-electron chi connectivity index (χ0n) is 8.30. The molecule has 0 N–H and O–H groups in total. The number of Topliss-reactive ketones (excluding diaryl/α,β-unsaturated/α-hetero) is 1. The van der Waals surface area contributed by atoms with Crippen molar-refractivity contribution in [2.75, 3.05) is 0 Å². The van der Waals surface area contributed by atoms with Crippen molar-refractivity contribution >= 4 is 5.78 Å². The number of hydrogen-bond donors (Lipinski definition) is 0. The molecule has 1 heterocycles. The maximum absolute atomic E-state index is 11.4. The topological polar surface area (TPSA) is 30.2 Å². The van der Waals surface area contributed by atoms with E-state index in [0.717, 1.165) is 25.0 Å². The minimum atomic E-state index is 0.126. The van der Waals surface area contributed by atoms with Crippen molar-refractivity contribution in [3.05, 3.63) is 23.7 Å². The van der Waals surface area contributed by atoms with Gasteiger partial charge in [-0.25, -0.2) is 0 Å². The summed E-state index contributed by atoms with van der Waals surface area (Å²) in [4.78, 5) is 11.4. The molecule has 0 aromatic carbocycles. The van der Waals surface area contributed by atoms with Crippen LogP contribution in [0.3, 0.4) is 0 Å². The van der Waals surface area contributed by atoms with Crippen LogP contribution >= 0.6 is 0 Å². The maximum atomic E-state index is 11.4. The average Bonchev–Trinajstić information content (AvgIpc) is 2.52. The second kappa shape index (κ2) is 4.85. The second-order valence-corrected chi connectivity index (χ2v) is 3.29. The monoisotopic (exact) mass is 180 g/mol. The Bertz CT molecular complexity index is 273. The van der Waals surface area contributed by atoms with E-state index >= 15 is 0 Å². The normalized spacial score (nSPS) is 10.3. The van der Waals surface area contributed by atoms with E-state index in [0.29, 0.717) is 12.2 Å². The molecule has 0 spiro atoms. The van der Waals surface area contributed by atoms with Crippen LogP contribution in [-0.4, -0.2) is 5.78 Å². The highest BCUT2D eigenvalue weighted by molar-refractivity contribution is 5.93. The number of ketones is 1. The van der Waals surface area contributed by atoms with E-state index in [-0.39, 0.29) is 5.78 Å². The van der Waals surface area contributed by atoms with E-state index in [2.05, 4.69) is 6.92 Å². The highest BCUT2D eigenvalue weighted by Crippen LogP contribution is 2.11. The Kier molecular flexibility index (Phi) is 3.74. The first kappa shape index (κ1) is 10.0. The lowest BCUT2D eigenvalue weighted by Gasteiger charge is -1.95. The highest BCUT2D eigenvalue weighted by Gasteiger charge is 2.08. The van der Waals surface area contributed by atoms with Crippen LogP contribution in [0.2, 0.25) is 0 Å². The number of carbonyl (C=O) groups is 1.